The molecule has 0 aromatic carbocycles. The summed E-state index contributed by atoms with van der Waals surface area (Å²) in [6.45, 7) is 1.64. The van der Waals surface area contributed by atoms with Gasteiger partial charge >= 0.3 is 0 Å². The molecule has 3 aliphatic rings. The fraction of sp³-hybridized carbons (Fsp3) is 0.250. The van der Waals surface area contributed by atoms with Crippen LogP contribution in [-0.2, 0) is 6.54 Å². The Labute approximate surface area is 172 Å². The number of hydrogen-bond donors (Lipinski definition) is 1. The van der Waals surface area contributed by atoms with Crippen molar-refractivity contribution < 1.29 is 13.5 Å². The Morgan fingerprint density at radius 2 is 2.28 bits per heavy atom. The topological polar surface area (TPSA) is 92.6 Å². The van der Waals surface area contributed by atoms with Gasteiger partial charge in [-0.1, -0.05) is 5.92 Å². The Kier molecular flexibility index (Phi) is 4.45. The Morgan fingerprint density at radius 3 is 3.07 bits per heavy atom. The van der Waals surface area contributed by atoms with Gasteiger partial charge in [-0.15, -0.1) is 5.84 Å². The first kappa shape index (κ1) is 18.1. The highest BCUT2D eigenvalue weighted by Gasteiger charge is 2.39. The minimum Gasteiger partial charge on any atom is -0.461 e. The molecule has 0 radical (unpaired) electrons. The Morgan fingerprint density at radius 1 is 1.34 bits per heavy atom. The predicted molar refractivity (Wildman–Crippen MR) is 109 cm³/mol. The molecule has 0 amide bonds. The van der Waals surface area contributed by atoms with Crippen LogP contribution in [0.25, 0.3) is 0 Å². The third-order valence-corrected chi connectivity index (χ3v) is 5.15. The van der Waals surface area contributed by atoms with Gasteiger partial charge in [0.1, 0.15) is 12.0 Å². The van der Waals surface area contributed by atoms with Gasteiger partial charge in [0, 0.05) is 0 Å². The number of rotatable bonds is 3. The lowest BCUT2D eigenvalue weighted by molar-refractivity contribution is -0.803. The van der Waals surface area contributed by atoms with Crippen LogP contribution in [0.4, 0.5) is 0 Å². The van der Waals surface area contributed by atoms with Crippen LogP contribution in [0, 0.1) is 11.8 Å². The number of nitrogens with two attached hydrogens (primary N) is 1. The second kappa shape index (κ2) is 7.13. The van der Waals surface area contributed by atoms with Crippen molar-refractivity contribution in [2.24, 2.45) is 20.9 Å². The van der Waals surface area contributed by atoms with Crippen LogP contribution in [-0.4, -0.2) is 40.1 Å². The van der Waals surface area contributed by atoms with Crippen LogP contribution in [0.15, 0.2) is 66.3 Å². The zero-order valence-electron chi connectivity index (χ0n) is 15.5. The van der Waals surface area contributed by atoms with Crippen LogP contribution in [0.1, 0.15) is 24.4 Å². The SMILES string of the molecule is N[N@@+]12C=C(C#CC3CCCN3Cc3ccc(Cl)o3)N=CC1=NC(c1ccco1)=N2. The van der Waals surface area contributed by atoms with Crippen molar-refractivity contribution in [3.05, 3.63) is 59.2 Å². The Balaban J connectivity index is 1.34. The molecule has 5 rings (SSSR count). The van der Waals surface area contributed by atoms with Crippen LogP contribution >= 0.6 is 11.6 Å². The molecular weight excluding hydrogens is 392 g/mol. The van der Waals surface area contributed by atoms with E-state index >= 15 is 0 Å². The van der Waals surface area contributed by atoms with E-state index in [1.807, 2.05) is 6.07 Å². The lowest BCUT2D eigenvalue weighted by Gasteiger charge is -2.19. The first-order chi connectivity index (χ1) is 14.1. The standard InChI is InChI=1S/C20H18ClN6O2/c21-18-8-7-16(29-18)12-26-9-1-3-15(26)6-5-14-13-27(22)19(11-23-14)24-20(25-27)17-4-2-10-28-17/h2,4,7-8,10-11,13,15H,1,3,9,12,22H2/q+1/t15?,27-/m1/s1. The first-order valence-electron chi connectivity index (χ1n) is 9.26. The summed E-state index contributed by atoms with van der Waals surface area (Å²) >= 11 is 5.87. The molecule has 0 saturated carbocycles. The summed E-state index contributed by atoms with van der Waals surface area (Å²) in [4.78, 5) is 11.1. The largest absolute Gasteiger partial charge is 0.461 e. The van der Waals surface area contributed by atoms with Gasteiger partial charge < -0.3 is 8.83 Å². The molecule has 3 aliphatic heterocycles. The summed E-state index contributed by atoms with van der Waals surface area (Å²) in [5, 5.41) is 4.85. The fourth-order valence-electron chi connectivity index (χ4n) is 3.53. The first-order valence-corrected chi connectivity index (χ1v) is 9.64. The maximum absolute atomic E-state index is 6.37. The monoisotopic (exact) mass is 409 g/mol. The lowest BCUT2D eigenvalue weighted by atomic mass is 10.2. The van der Waals surface area contributed by atoms with Crippen molar-refractivity contribution in [2.45, 2.75) is 25.4 Å². The van der Waals surface area contributed by atoms with Crippen molar-refractivity contribution in [1.82, 2.24) is 4.90 Å². The van der Waals surface area contributed by atoms with Gasteiger partial charge in [0.2, 0.25) is 0 Å². The third kappa shape index (κ3) is 3.57. The van der Waals surface area contributed by atoms with Crippen molar-refractivity contribution >= 4 is 29.5 Å². The molecule has 5 heterocycles. The van der Waals surface area contributed by atoms with Gasteiger partial charge in [-0.05, 0) is 71.0 Å². The Bertz CT molecular complexity index is 1120. The number of furan rings is 2. The molecule has 8 nitrogen and oxygen atoms in total. The zero-order chi connectivity index (χ0) is 19.8. The van der Waals surface area contributed by atoms with E-state index in [1.165, 1.54) is 0 Å². The highest BCUT2D eigenvalue weighted by Crippen LogP contribution is 2.23. The van der Waals surface area contributed by atoms with Crippen molar-refractivity contribution in [3.63, 3.8) is 0 Å². The molecule has 1 saturated heterocycles. The number of amidine groups is 2. The van der Waals surface area contributed by atoms with Crippen LogP contribution in [0.5, 0.6) is 0 Å². The van der Waals surface area contributed by atoms with E-state index in [1.54, 1.807) is 36.9 Å². The zero-order valence-corrected chi connectivity index (χ0v) is 16.2. The molecular formula is C20H18ClN6O2+. The molecule has 1 unspecified atom stereocenters. The maximum Gasteiger partial charge on any atom is 0.300 e. The molecule has 2 aromatic heterocycles. The van der Waals surface area contributed by atoms with E-state index < -0.39 is 0 Å². The van der Waals surface area contributed by atoms with Gasteiger partial charge in [-0.25, -0.2) is 4.99 Å². The van der Waals surface area contributed by atoms with Gasteiger partial charge in [0.05, 0.1) is 18.8 Å². The van der Waals surface area contributed by atoms with Gasteiger partial charge in [-0.3, -0.25) is 4.90 Å². The number of nitrogens with zero attached hydrogens (tertiary/aromatic N) is 5. The van der Waals surface area contributed by atoms with E-state index in [9.17, 15) is 0 Å². The summed E-state index contributed by atoms with van der Waals surface area (Å²) in [7, 11) is 0. The normalized spacial score (nSPS) is 25.9. The number of likely N-dealkylation sites (tertiary alicyclic amines) is 1. The average Bonchev–Trinajstić information content (AvgIpc) is 3.47. The lowest BCUT2D eigenvalue weighted by Crippen LogP contribution is -2.50. The maximum atomic E-state index is 6.37. The van der Waals surface area contributed by atoms with Gasteiger partial charge in [0.15, 0.2) is 22.9 Å². The minimum absolute atomic E-state index is 0.122. The number of aliphatic imine (C=N–C) groups is 2. The Hall–Kier alpha value is -2.96. The summed E-state index contributed by atoms with van der Waals surface area (Å²) in [5.41, 5.74) is 0.559. The number of quaternary nitrogens is 1. The van der Waals surface area contributed by atoms with Crippen molar-refractivity contribution in [3.8, 4) is 11.8 Å². The number of allylic oxidation sites excluding steroid dienone is 1. The highest BCUT2D eigenvalue weighted by molar-refractivity contribution is 6.31. The molecule has 0 aliphatic carbocycles. The van der Waals surface area contributed by atoms with Crippen LogP contribution < -0.4 is 5.84 Å². The third-order valence-electron chi connectivity index (χ3n) is 4.95. The quantitative estimate of drug-likeness (QED) is 0.479. The van der Waals surface area contributed by atoms with E-state index in [0.717, 1.165) is 25.1 Å². The summed E-state index contributed by atoms with van der Waals surface area (Å²) in [6, 6.07) is 7.34. The van der Waals surface area contributed by atoms with E-state index in [4.69, 9.17) is 26.3 Å². The second-order valence-corrected chi connectivity index (χ2v) is 7.36. The molecule has 0 bridgehead atoms. The molecule has 9 heteroatoms. The molecule has 1 fully saturated rings. The molecule has 2 N–H and O–H groups in total. The van der Waals surface area contributed by atoms with Crippen molar-refractivity contribution in [2.75, 3.05) is 6.54 Å². The number of hydrogen-bond acceptors (Lipinski definition) is 7. The van der Waals surface area contributed by atoms with Gasteiger partial charge in [0.25, 0.3) is 11.7 Å². The van der Waals surface area contributed by atoms with Crippen LogP contribution in [0.2, 0.25) is 5.22 Å². The fourth-order valence-corrected chi connectivity index (χ4v) is 3.69. The second-order valence-electron chi connectivity index (χ2n) is 6.99. The molecule has 2 aromatic rings. The minimum atomic E-state index is -0.317. The van der Waals surface area contributed by atoms with E-state index in [-0.39, 0.29) is 10.7 Å². The molecule has 29 heavy (non-hydrogen) atoms. The van der Waals surface area contributed by atoms with Crippen LogP contribution in [0.3, 0.4) is 0 Å². The highest BCUT2D eigenvalue weighted by atomic mass is 35.5. The van der Waals surface area contributed by atoms with E-state index in [0.29, 0.717) is 34.9 Å². The molecule has 146 valence electrons. The summed E-state index contributed by atoms with van der Waals surface area (Å²) < 4.78 is 10.5. The van der Waals surface area contributed by atoms with Gasteiger partial charge in [-0.2, -0.15) is 4.99 Å². The van der Waals surface area contributed by atoms with E-state index in [2.05, 4.69) is 31.8 Å². The summed E-state index contributed by atoms with van der Waals surface area (Å²) in [6.07, 6.45) is 6.93. The number of fused-ring (bicyclic) bond motifs is 1. The smallest absolute Gasteiger partial charge is 0.300 e. The van der Waals surface area contributed by atoms with Crippen molar-refractivity contribution in [1.29, 1.82) is 0 Å². The molecule has 2 atom stereocenters. The average molecular weight is 410 g/mol. The predicted octanol–water partition coefficient (Wildman–Crippen LogP) is 2.88. The summed E-state index contributed by atoms with van der Waals surface area (Å²) in [5.74, 6) is 15.2. The number of halogens is 1. The molecule has 0 spiro atoms.